The van der Waals surface area contributed by atoms with E-state index < -0.39 is 10.0 Å². The molecule has 0 radical (unpaired) electrons. The van der Waals surface area contributed by atoms with Crippen LogP contribution in [0.4, 0.5) is 0 Å². The monoisotopic (exact) mass is 350 g/mol. The fraction of sp³-hybridized carbons (Fsp3) is 0.714. The van der Waals surface area contributed by atoms with Crippen molar-refractivity contribution in [1.29, 1.82) is 0 Å². The standard InChI is InChI=1S/C14H26N2O2S3/c1-5-7-15-10-13-11(2)9-14(20-13)21(17,18)16-8-6-12(3)19-4/h9,12,15-16H,5-8,10H2,1-4H3. The molecule has 2 N–H and O–H groups in total. The van der Waals surface area contributed by atoms with Crippen molar-refractivity contribution in [3.8, 4) is 0 Å². The number of rotatable bonds is 10. The van der Waals surface area contributed by atoms with Crippen molar-refractivity contribution < 1.29 is 8.42 Å². The van der Waals surface area contributed by atoms with E-state index in [0.29, 0.717) is 16.0 Å². The Morgan fingerprint density at radius 3 is 2.71 bits per heavy atom. The summed E-state index contributed by atoms with van der Waals surface area (Å²) in [6, 6.07) is 1.77. The summed E-state index contributed by atoms with van der Waals surface area (Å²) in [5.41, 5.74) is 1.04. The van der Waals surface area contributed by atoms with Crippen LogP contribution in [0.15, 0.2) is 10.3 Å². The molecule has 1 aromatic rings. The maximum absolute atomic E-state index is 12.3. The first-order chi connectivity index (χ1) is 9.90. The molecule has 0 aliphatic carbocycles. The SMILES string of the molecule is CCCNCc1sc(S(=O)(=O)NCCC(C)SC)cc1C. The van der Waals surface area contributed by atoms with Gasteiger partial charge >= 0.3 is 0 Å². The second-order valence-corrected chi connectivity index (χ2v) is 9.49. The Kier molecular flexibility index (Phi) is 8.26. The molecule has 1 unspecified atom stereocenters. The Morgan fingerprint density at radius 2 is 2.10 bits per heavy atom. The lowest BCUT2D eigenvalue weighted by molar-refractivity contribution is 0.581. The quantitative estimate of drug-likeness (QED) is 0.637. The van der Waals surface area contributed by atoms with Crippen LogP contribution in [0, 0.1) is 6.92 Å². The molecule has 0 saturated carbocycles. The van der Waals surface area contributed by atoms with Gasteiger partial charge in [0, 0.05) is 23.2 Å². The summed E-state index contributed by atoms with van der Waals surface area (Å²) in [7, 11) is -3.36. The van der Waals surface area contributed by atoms with Crippen LogP contribution in [0.2, 0.25) is 0 Å². The first-order valence-electron chi connectivity index (χ1n) is 7.23. The van der Waals surface area contributed by atoms with E-state index in [1.165, 1.54) is 11.3 Å². The highest BCUT2D eigenvalue weighted by Crippen LogP contribution is 2.25. The van der Waals surface area contributed by atoms with Crippen molar-refractivity contribution in [2.45, 2.75) is 49.6 Å². The second kappa shape index (κ2) is 9.15. The van der Waals surface area contributed by atoms with Crippen LogP contribution in [0.1, 0.15) is 37.1 Å². The molecule has 1 aromatic heterocycles. The molecule has 0 fully saturated rings. The molecule has 0 spiro atoms. The molecule has 4 nitrogen and oxygen atoms in total. The second-order valence-electron chi connectivity index (χ2n) is 5.08. The normalized spacial score (nSPS) is 13.5. The van der Waals surface area contributed by atoms with Crippen molar-refractivity contribution in [2.75, 3.05) is 19.3 Å². The topological polar surface area (TPSA) is 58.2 Å². The van der Waals surface area contributed by atoms with E-state index in [1.807, 2.05) is 13.2 Å². The highest BCUT2D eigenvalue weighted by molar-refractivity contribution is 7.99. The number of aryl methyl sites for hydroxylation is 1. The predicted octanol–water partition coefficient (Wildman–Crippen LogP) is 2.98. The Hall–Kier alpha value is -0.0800. The average molecular weight is 351 g/mol. The number of nitrogens with one attached hydrogen (secondary N) is 2. The first kappa shape index (κ1) is 19.0. The average Bonchev–Trinajstić information content (AvgIpc) is 2.81. The molecule has 122 valence electrons. The van der Waals surface area contributed by atoms with Gasteiger partial charge in [0.15, 0.2) is 0 Å². The molecule has 0 bridgehead atoms. The van der Waals surface area contributed by atoms with E-state index in [-0.39, 0.29) is 0 Å². The zero-order valence-electron chi connectivity index (χ0n) is 13.2. The fourth-order valence-corrected chi connectivity index (χ4v) is 4.77. The van der Waals surface area contributed by atoms with E-state index in [0.717, 1.165) is 36.4 Å². The Bertz CT molecular complexity index is 526. The summed E-state index contributed by atoms with van der Waals surface area (Å²) < 4.78 is 27.7. The van der Waals surface area contributed by atoms with Crippen molar-refractivity contribution in [3.05, 3.63) is 16.5 Å². The van der Waals surface area contributed by atoms with Gasteiger partial charge in [-0.15, -0.1) is 11.3 Å². The van der Waals surface area contributed by atoms with Gasteiger partial charge in [-0.3, -0.25) is 0 Å². The van der Waals surface area contributed by atoms with Crippen LogP contribution in [0.25, 0.3) is 0 Å². The lowest BCUT2D eigenvalue weighted by atomic mass is 10.3. The predicted molar refractivity (Wildman–Crippen MR) is 93.8 cm³/mol. The van der Waals surface area contributed by atoms with Crippen LogP contribution < -0.4 is 10.0 Å². The lowest BCUT2D eigenvalue weighted by Gasteiger charge is -2.08. The lowest BCUT2D eigenvalue weighted by Crippen LogP contribution is -2.25. The number of thiophene rings is 1. The third-order valence-electron chi connectivity index (χ3n) is 3.22. The smallest absolute Gasteiger partial charge is 0.250 e. The summed E-state index contributed by atoms with van der Waals surface area (Å²) in [6.45, 7) is 8.36. The van der Waals surface area contributed by atoms with Crippen LogP contribution in [0.3, 0.4) is 0 Å². The highest BCUT2D eigenvalue weighted by atomic mass is 32.2. The molecule has 1 heterocycles. The zero-order valence-corrected chi connectivity index (χ0v) is 15.7. The van der Waals surface area contributed by atoms with Gasteiger partial charge < -0.3 is 5.32 Å². The van der Waals surface area contributed by atoms with Crippen LogP contribution >= 0.6 is 23.1 Å². The van der Waals surface area contributed by atoms with E-state index in [1.54, 1.807) is 17.8 Å². The van der Waals surface area contributed by atoms with Crippen molar-refractivity contribution in [2.24, 2.45) is 0 Å². The van der Waals surface area contributed by atoms with Gasteiger partial charge in [0.05, 0.1) is 0 Å². The molecule has 1 rings (SSSR count). The molecule has 7 heteroatoms. The Morgan fingerprint density at radius 1 is 1.38 bits per heavy atom. The third kappa shape index (κ3) is 6.28. The number of hydrogen-bond acceptors (Lipinski definition) is 5. The number of hydrogen-bond donors (Lipinski definition) is 2. The minimum Gasteiger partial charge on any atom is -0.312 e. The molecular weight excluding hydrogens is 324 g/mol. The number of thioether (sulfide) groups is 1. The largest absolute Gasteiger partial charge is 0.312 e. The molecular formula is C14H26N2O2S3. The summed E-state index contributed by atoms with van der Waals surface area (Å²) >= 11 is 3.11. The molecule has 21 heavy (non-hydrogen) atoms. The van der Waals surface area contributed by atoms with Gasteiger partial charge in [0.1, 0.15) is 4.21 Å². The van der Waals surface area contributed by atoms with E-state index in [9.17, 15) is 8.42 Å². The minimum atomic E-state index is -3.36. The van der Waals surface area contributed by atoms with Crippen molar-refractivity contribution >= 4 is 33.1 Å². The molecule has 0 aliphatic heterocycles. The molecule has 0 saturated heterocycles. The summed E-state index contributed by atoms with van der Waals surface area (Å²) in [6.07, 6.45) is 3.96. The number of sulfonamides is 1. The van der Waals surface area contributed by atoms with Gasteiger partial charge in [-0.05, 0) is 44.2 Å². The van der Waals surface area contributed by atoms with Gasteiger partial charge in [-0.1, -0.05) is 13.8 Å². The summed E-state index contributed by atoms with van der Waals surface area (Å²) in [4.78, 5) is 1.10. The molecule has 0 amide bonds. The van der Waals surface area contributed by atoms with Gasteiger partial charge in [0.2, 0.25) is 10.0 Å². The van der Waals surface area contributed by atoms with Crippen molar-refractivity contribution in [3.63, 3.8) is 0 Å². The zero-order chi connectivity index (χ0) is 15.9. The van der Waals surface area contributed by atoms with Crippen LogP contribution in [0.5, 0.6) is 0 Å². The van der Waals surface area contributed by atoms with E-state index in [2.05, 4.69) is 23.9 Å². The maximum atomic E-state index is 12.3. The molecule has 0 aromatic carbocycles. The van der Waals surface area contributed by atoms with Crippen LogP contribution in [-0.4, -0.2) is 33.0 Å². The van der Waals surface area contributed by atoms with E-state index >= 15 is 0 Å². The van der Waals surface area contributed by atoms with Crippen LogP contribution in [-0.2, 0) is 16.6 Å². The molecule has 0 aliphatic rings. The Balaban J connectivity index is 2.64. The van der Waals surface area contributed by atoms with Gasteiger partial charge in [-0.2, -0.15) is 11.8 Å². The van der Waals surface area contributed by atoms with Gasteiger partial charge in [-0.25, -0.2) is 13.1 Å². The third-order valence-corrected chi connectivity index (χ3v) is 7.43. The fourth-order valence-electron chi connectivity index (χ4n) is 1.76. The molecule has 1 atom stereocenters. The summed E-state index contributed by atoms with van der Waals surface area (Å²) in [5.74, 6) is 0. The van der Waals surface area contributed by atoms with Crippen molar-refractivity contribution in [1.82, 2.24) is 10.0 Å². The maximum Gasteiger partial charge on any atom is 0.250 e. The summed E-state index contributed by atoms with van der Waals surface area (Å²) in [5, 5.41) is 3.78. The van der Waals surface area contributed by atoms with E-state index in [4.69, 9.17) is 0 Å². The first-order valence-corrected chi connectivity index (χ1v) is 10.8. The highest BCUT2D eigenvalue weighted by Gasteiger charge is 2.18. The Labute approximate surface area is 137 Å². The van der Waals surface area contributed by atoms with Gasteiger partial charge in [0.25, 0.3) is 0 Å². The minimum absolute atomic E-state index is 0.421.